The molecule has 0 radical (unpaired) electrons. The Labute approximate surface area is 182 Å². The van der Waals surface area contributed by atoms with E-state index in [4.69, 9.17) is 0 Å². The molecule has 2 N–H and O–H groups in total. The fourth-order valence-corrected chi connectivity index (χ4v) is 3.61. The topological polar surface area (TPSA) is 100.0 Å². The van der Waals surface area contributed by atoms with Crippen LogP contribution in [-0.4, -0.2) is 27.0 Å². The van der Waals surface area contributed by atoms with Gasteiger partial charge >= 0.3 is 6.18 Å². The standard InChI is InChI=1S/C21H17F3N4O3S/c22-21(23,24)14-25-20(29)15-5-4-8-19(13-15)32(30,31)28-18-11-9-17(10-12-18)27-26-16-6-2-1-3-7-16/h1-13,28H,14H2,(H,25,29). The fourth-order valence-electron chi connectivity index (χ4n) is 2.51. The molecule has 1 amide bonds. The van der Waals surface area contributed by atoms with Gasteiger partial charge in [-0.25, -0.2) is 8.42 Å². The second-order valence-corrected chi connectivity index (χ2v) is 8.20. The Kier molecular flexibility index (Phi) is 6.89. The van der Waals surface area contributed by atoms with E-state index in [2.05, 4.69) is 15.0 Å². The summed E-state index contributed by atoms with van der Waals surface area (Å²) in [6, 6.07) is 19.9. The zero-order chi connectivity index (χ0) is 23.2. The summed E-state index contributed by atoms with van der Waals surface area (Å²) in [6.45, 7) is -1.52. The van der Waals surface area contributed by atoms with Crippen molar-refractivity contribution in [3.63, 3.8) is 0 Å². The van der Waals surface area contributed by atoms with Crippen molar-refractivity contribution in [2.75, 3.05) is 11.3 Å². The highest BCUT2D eigenvalue weighted by Gasteiger charge is 2.28. The average Bonchev–Trinajstić information content (AvgIpc) is 2.77. The minimum absolute atomic E-state index is 0.214. The Hall–Kier alpha value is -3.73. The summed E-state index contributed by atoms with van der Waals surface area (Å²) in [4.78, 5) is 11.6. The van der Waals surface area contributed by atoms with Gasteiger partial charge in [0, 0.05) is 11.3 Å². The number of rotatable bonds is 7. The van der Waals surface area contributed by atoms with Crippen LogP contribution in [0.3, 0.4) is 0 Å². The molecule has 11 heteroatoms. The number of anilines is 1. The van der Waals surface area contributed by atoms with Crippen LogP contribution in [0.1, 0.15) is 10.4 Å². The molecule has 0 saturated heterocycles. The van der Waals surface area contributed by atoms with Crippen molar-refractivity contribution in [3.05, 3.63) is 84.4 Å². The van der Waals surface area contributed by atoms with Crippen LogP contribution < -0.4 is 10.0 Å². The van der Waals surface area contributed by atoms with E-state index in [-0.39, 0.29) is 16.1 Å². The number of nitrogens with zero attached hydrogens (tertiary/aromatic N) is 2. The number of halogens is 3. The second kappa shape index (κ2) is 9.60. The predicted molar refractivity (Wildman–Crippen MR) is 113 cm³/mol. The van der Waals surface area contributed by atoms with Gasteiger partial charge in [-0.1, -0.05) is 24.3 Å². The number of benzene rings is 3. The minimum Gasteiger partial charge on any atom is -0.343 e. The normalized spacial score (nSPS) is 12.0. The highest BCUT2D eigenvalue weighted by molar-refractivity contribution is 7.92. The first kappa shape index (κ1) is 22.9. The molecule has 166 valence electrons. The van der Waals surface area contributed by atoms with Crippen LogP contribution in [0, 0.1) is 0 Å². The summed E-state index contributed by atoms with van der Waals surface area (Å²) < 4.78 is 64.4. The molecule has 0 bridgehead atoms. The molecule has 3 aromatic rings. The van der Waals surface area contributed by atoms with E-state index in [0.717, 1.165) is 6.07 Å². The van der Waals surface area contributed by atoms with E-state index in [1.165, 1.54) is 30.3 Å². The lowest BCUT2D eigenvalue weighted by Crippen LogP contribution is -2.33. The van der Waals surface area contributed by atoms with Crippen LogP contribution in [0.5, 0.6) is 0 Å². The van der Waals surface area contributed by atoms with Gasteiger partial charge in [-0.2, -0.15) is 23.4 Å². The zero-order valence-corrected chi connectivity index (χ0v) is 17.2. The first-order chi connectivity index (χ1) is 15.1. The molecule has 0 atom stereocenters. The predicted octanol–water partition coefficient (Wildman–Crippen LogP) is 5.19. The van der Waals surface area contributed by atoms with Crippen molar-refractivity contribution in [3.8, 4) is 0 Å². The van der Waals surface area contributed by atoms with Crippen LogP contribution in [0.25, 0.3) is 0 Å². The lowest BCUT2D eigenvalue weighted by Gasteiger charge is -2.11. The van der Waals surface area contributed by atoms with Crippen LogP contribution >= 0.6 is 0 Å². The molecule has 0 spiro atoms. The Balaban J connectivity index is 1.69. The first-order valence-corrected chi connectivity index (χ1v) is 10.7. The summed E-state index contributed by atoms with van der Waals surface area (Å²) in [6.07, 6.45) is -4.58. The number of sulfonamides is 1. The van der Waals surface area contributed by atoms with Crippen molar-refractivity contribution in [2.45, 2.75) is 11.1 Å². The Bertz CT molecular complexity index is 1210. The Morgan fingerprint density at radius 2 is 1.47 bits per heavy atom. The van der Waals surface area contributed by atoms with E-state index in [1.807, 2.05) is 18.2 Å². The zero-order valence-electron chi connectivity index (χ0n) is 16.4. The molecule has 0 aliphatic heterocycles. The van der Waals surface area contributed by atoms with Crippen molar-refractivity contribution in [1.29, 1.82) is 0 Å². The molecule has 0 fully saturated rings. The summed E-state index contributed by atoms with van der Waals surface area (Å²) in [5.74, 6) is -1.03. The maximum atomic E-state index is 12.6. The molecule has 0 heterocycles. The fraction of sp³-hybridized carbons (Fsp3) is 0.0952. The highest BCUT2D eigenvalue weighted by Crippen LogP contribution is 2.22. The van der Waals surface area contributed by atoms with Gasteiger partial charge in [0.15, 0.2) is 0 Å². The monoisotopic (exact) mass is 462 g/mol. The maximum Gasteiger partial charge on any atom is 0.405 e. The quantitative estimate of drug-likeness (QED) is 0.472. The van der Waals surface area contributed by atoms with Crippen molar-refractivity contribution < 1.29 is 26.4 Å². The van der Waals surface area contributed by atoms with Gasteiger partial charge in [0.25, 0.3) is 15.9 Å². The maximum absolute atomic E-state index is 12.6. The van der Waals surface area contributed by atoms with Gasteiger partial charge < -0.3 is 5.32 Å². The molecule has 0 unspecified atom stereocenters. The van der Waals surface area contributed by atoms with Crippen LogP contribution in [0.15, 0.2) is 94.0 Å². The van der Waals surface area contributed by atoms with Crippen LogP contribution in [-0.2, 0) is 10.0 Å². The first-order valence-electron chi connectivity index (χ1n) is 9.17. The van der Waals surface area contributed by atoms with Crippen molar-refractivity contribution >= 4 is 33.0 Å². The van der Waals surface area contributed by atoms with Gasteiger partial charge in [0.05, 0.1) is 16.3 Å². The molecule has 0 aliphatic rings. The Morgan fingerprint density at radius 3 is 2.09 bits per heavy atom. The third kappa shape index (κ3) is 6.64. The molecule has 3 rings (SSSR count). The second-order valence-electron chi connectivity index (χ2n) is 6.51. The highest BCUT2D eigenvalue weighted by atomic mass is 32.2. The third-order valence-corrected chi connectivity index (χ3v) is 5.39. The molecule has 0 aliphatic carbocycles. The summed E-state index contributed by atoms with van der Waals surface area (Å²) in [5.41, 5.74) is 1.18. The number of alkyl halides is 3. The lowest BCUT2D eigenvalue weighted by molar-refractivity contribution is -0.123. The van der Waals surface area contributed by atoms with Crippen molar-refractivity contribution in [1.82, 2.24) is 5.32 Å². The number of nitrogens with one attached hydrogen (secondary N) is 2. The molecular weight excluding hydrogens is 445 g/mol. The summed E-state index contributed by atoms with van der Waals surface area (Å²) in [7, 11) is -4.09. The molecular formula is C21H17F3N4O3S. The average molecular weight is 462 g/mol. The number of hydrogen-bond acceptors (Lipinski definition) is 5. The van der Waals surface area contributed by atoms with Gasteiger partial charge in [0.2, 0.25) is 0 Å². The van der Waals surface area contributed by atoms with E-state index in [1.54, 1.807) is 29.6 Å². The SMILES string of the molecule is O=C(NCC(F)(F)F)c1cccc(S(=O)(=O)Nc2ccc(N=Nc3ccccc3)cc2)c1. The van der Waals surface area contributed by atoms with E-state index < -0.39 is 28.7 Å². The minimum atomic E-state index is -4.58. The van der Waals surface area contributed by atoms with Gasteiger partial charge in [0.1, 0.15) is 6.54 Å². The number of carbonyl (C=O) groups excluding carboxylic acids is 1. The summed E-state index contributed by atoms with van der Waals surface area (Å²) >= 11 is 0. The molecule has 32 heavy (non-hydrogen) atoms. The third-order valence-electron chi connectivity index (χ3n) is 4.01. The van der Waals surface area contributed by atoms with E-state index >= 15 is 0 Å². The van der Waals surface area contributed by atoms with Crippen molar-refractivity contribution in [2.24, 2.45) is 10.2 Å². The molecule has 0 aromatic heterocycles. The molecule has 7 nitrogen and oxygen atoms in total. The van der Waals surface area contributed by atoms with Crippen LogP contribution in [0.4, 0.5) is 30.2 Å². The number of hydrogen-bond donors (Lipinski definition) is 2. The molecule has 0 saturated carbocycles. The smallest absolute Gasteiger partial charge is 0.343 e. The molecule has 3 aromatic carbocycles. The van der Waals surface area contributed by atoms with E-state index in [0.29, 0.717) is 11.4 Å². The number of amides is 1. The lowest BCUT2D eigenvalue weighted by atomic mass is 10.2. The van der Waals surface area contributed by atoms with E-state index in [9.17, 15) is 26.4 Å². The summed E-state index contributed by atoms with van der Waals surface area (Å²) in [5, 5.41) is 9.82. The number of carbonyl (C=O) groups is 1. The number of azo groups is 1. The van der Waals surface area contributed by atoms with Gasteiger partial charge in [-0.05, 0) is 54.6 Å². The largest absolute Gasteiger partial charge is 0.405 e. The van der Waals surface area contributed by atoms with Gasteiger partial charge in [-0.3, -0.25) is 9.52 Å². The Morgan fingerprint density at radius 1 is 0.844 bits per heavy atom. The van der Waals surface area contributed by atoms with Gasteiger partial charge in [-0.15, -0.1) is 0 Å². The van der Waals surface area contributed by atoms with Crippen LogP contribution in [0.2, 0.25) is 0 Å².